The first-order valence-electron chi connectivity index (χ1n) is 8.61. The number of imide groups is 1. The number of rotatable bonds is 2. The lowest BCUT2D eigenvalue weighted by Crippen LogP contribution is -2.58. The number of piperazine rings is 1. The molecule has 0 saturated carbocycles. The third-order valence-corrected chi connectivity index (χ3v) is 5.40. The Morgan fingerprint density at radius 3 is 2.43 bits per heavy atom. The highest BCUT2D eigenvalue weighted by Crippen LogP contribution is 2.43. The van der Waals surface area contributed by atoms with Gasteiger partial charge in [0.25, 0.3) is 0 Å². The van der Waals surface area contributed by atoms with Crippen LogP contribution in [0.2, 0.25) is 10.0 Å². The Morgan fingerprint density at radius 1 is 1.21 bits per heavy atom. The van der Waals surface area contributed by atoms with E-state index >= 15 is 0 Å². The Labute approximate surface area is 171 Å². The molecule has 2 aliphatic rings. The first kappa shape index (κ1) is 20.4. The molecule has 2 fully saturated rings. The van der Waals surface area contributed by atoms with Crippen molar-refractivity contribution in [3.8, 4) is 0 Å². The van der Waals surface area contributed by atoms with Crippen molar-refractivity contribution in [2.24, 2.45) is 0 Å². The van der Waals surface area contributed by atoms with E-state index in [0.29, 0.717) is 6.54 Å². The van der Waals surface area contributed by atoms with E-state index in [-0.39, 0.29) is 34.3 Å². The normalized spacial score (nSPS) is 22.7. The lowest BCUT2D eigenvalue weighted by molar-refractivity contribution is -0.159. The Bertz CT molecular complexity index is 879. The topological polar surface area (TPSA) is 87.2 Å². The van der Waals surface area contributed by atoms with Gasteiger partial charge in [0, 0.05) is 35.2 Å². The average molecular weight is 426 g/mol. The zero-order valence-electron chi connectivity index (χ0n) is 15.1. The summed E-state index contributed by atoms with van der Waals surface area (Å²) < 4.78 is 0. The van der Waals surface area contributed by atoms with Crippen molar-refractivity contribution in [3.05, 3.63) is 39.4 Å². The van der Waals surface area contributed by atoms with Crippen LogP contribution >= 0.6 is 23.2 Å². The monoisotopic (exact) mass is 425 g/mol. The first-order valence-corrected chi connectivity index (χ1v) is 9.36. The second-order valence-corrected chi connectivity index (χ2v) is 7.11. The minimum Gasteiger partial charge on any atom is -0.333 e. The summed E-state index contributed by atoms with van der Waals surface area (Å²) in [6.45, 7) is 3.89. The zero-order chi connectivity index (χ0) is 20.6. The summed E-state index contributed by atoms with van der Waals surface area (Å²) in [5.74, 6) is 0.0654. The predicted octanol–water partition coefficient (Wildman–Crippen LogP) is 2.24. The average Bonchev–Trinajstić information content (AvgIpc) is 2.99. The number of hydroxylamine groups is 2. The molecule has 3 rings (SSSR count). The molecule has 10 heteroatoms. The van der Waals surface area contributed by atoms with E-state index in [9.17, 15) is 19.2 Å². The number of nitrogens with zero attached hydrogens (tertiary/aromatic N) is 3. The van der Waals surface area contributed by atoms with Crippen molar-refractivity contribution in [2.45, 2.75) is 26.0 Å². The van der Waals surface area contributed by atoms with Crippen LogP contribution in [0.5, 0.6) is 0 Å². The summed E-state index contributed by atoms with van der Waals surface area (Å²) in [5, 5.41) is 1.31. The largest absolute Gasteiger partial charge is 0.352 e. The predicted molar refractivity (Wildman–Crippen MR) is 100 cm³/mol. The van der Waals surface area contributed by atoms with E-state index in [2.05, 4.69) is 0 Å². The van der Waals surface area contributed by atoms with Gasteiger partial charge in [0.2, 0.25) is 0 Å². The minimum atomic E-state index is -1.06. The van der Waals surface area contributed by atoms with Crippen molar-refractivity contribution in [3.63, 3.8) is 0 Å². The van der Waals surface area contributed by atoms with Gasteiger partial charge < -0.3 is 4.90 Å². The lowest BCUT2D eigenvalue weighted by Gasteiger charge is -2.34. The molecule has 4 amide bonds. The molecule has 28 heavy (non-hydrogen) atoms. The standard InChI is InChI=1S/C18H17Cl2N3O5/c1-3-21-7-8-22(17(26)16(21)25)18(27)23-15(11(9-24)10(2)28-23)14-12(19)5-4-6-13(14)20/h4-6,10,15H,3,7-8H2,1-2H3. The van der Waals surface area contributed by atoms with E-state index in [1.54, 1.807) is 38.0 Å². The second-order valence-electron chi connectivity index (χ2n) is 6.29. The molecular formula is C18H17Cl2N3O5. The van der Waals surface area contributed by atoms with Crippen molar-refractivity contribution < 1.29 is 24.0 Å². The van der Waals surface area contributed by atoms with Gasteiger partial charge in [-0.05, 0) is 26.0 Å². The minimum absolute atomic E-state index is 0.00853. The van der Waals surface area contributed by atoms with Gasteiger partial charge in [0.1, 0.15) is 18.1 Å². The fourth-order valence-electron chi connectivity index (χ4n) is 3.25. The van der Waals surface area contributed by atoms with Crippen LogP contribution in [0.1, 0.15) is 25.5 Å². The maximum atomic E-state index is 13.1. The van der Waals surface area contributed by atoms with Gasteiger partial charge in [-0.1, -0.05) is 29.3 Å². The molecule has 0 radical (unpaired) electrons. The molecule has 8 nitrogen and oxygen atoms in total. The van der Waals surface area contributed by atoms with E-state index in [1.807, 2.05) is 0 Å². The van der Waals surface area contributed by atoms with Crippen LogP contribution in [0.25, 0.3) is 0 Å². The number of halogens is 2. The van der Waals surface area contributed by atoms with Crippen LogP contribution in [-0.2, 0) is 19.2 Å². The summed E-state index contributed by atoms with van der Waals surface area (Å²) in [7, 11) is 0. The molecule has 2 saturated heterocycles. The summed E-state index contributed by atoms with van der Waals surface area (Å²) in [6, 6.07) is 2.81. The van der Waals surface area contributed by atoms with Gasteiger partial charge >= 0.3 is 17.8 Å². The van der Waals surface area contributed by atoms with E-state index in [4.69, 9.17) is 28.0 Å². The van der Waals surface area contributed by atoms with E-state index in [1.165, 1.54) is 4.90 Å². The molecule has 2 heterocycles. The maximum absolute atomic E-state index is 13.1. The van der Waals surface area contributed by atoms with Crippen LogP contribution in [0.4, 0.5) is 4.79 Å². The van der Waals surface area contributed by atoms with Crippen molar-refractivity contribution in [2.75, 3.05) is 19.6 Å². The highest BCUT2D eigenvalue weighted by Gasteiger charge is 2.47. The van der Waals surface area contributed by atoms with Crippen LogP contribution in [0.3, 0.4) is 0 Å². The quantitative estimate of drug-likeness (QED) is 0.535. The Hall–Kier alpha value is -2.38. The zero-order valence-corrected chi connectivity index (χ0v) is 16.7. The molecule has 2 atom stereocenters. The summed E-state index contributed by atoms with van der Waals surface area (Å²) in [5.41, 5.74) is 0.391. The highest BCUT2D eigenvalue weighted by molar-refractivity contribution is 6.38. The van der Waals surface area contributed by atoms with Gasteiger partial charge in [0.15, 0.2) is 0 Å². The second kappa shape index (κ2) is 7.93. The van der Waals surface area contributed by atoms with Gasteiger partial charge in [-0.3, -0.25) is 19.3 Å². The number of benzene rings is 1. The Kier molecular flexibility index (Phi) is 5.76. The fraction of sp³-hybridized carbons (Fsp3) is 0.389. The smallest absolute Gasteiger partial charge is 0.333 e. The number of carbonyl (C=O) groups excluding carboxylic acids is 4. The van der Waals surface area contributed by atoms with Gasteiger partial charge in [-0.2, -0.15) is 5.06 Å². The summed E-state index contributed by atoms with van der Waals surface area (Å²) in [6.07, 6.45) is -0.790. The van der Waals surface area contributed by atoms with Crippen LogP contribution in [-0.4, -0.2) is 64.4 Å². The van der Waals surface area contributed by atoms with Gasteiger partial charge in [-0.15, -0.1) is 0 Å². The lowest BCUT2D eigenvalue weighted by atomic mass is 9.97. The molecule has 0 bridgehead atoms. The number of hydrogen-bond donors (Lipinski definition) is 0. The van der Waals surface area contributed by atoms with Crippen molar-refractivity contribution >= 4 is 47.0 Å². The molecule has 2 unspecified atom stereocenters. The molecule has 2 aliphatic heterocycles. The van der Waals surface area contributed by atoms with Crippen LogP contribution in [0.15, 0.2) is 23.8 Å². The van der Waals surface area contributed by atoms with Crippen molar-refractivity contribution in [1.82, 2.24) is 14.9 Å². The molecule has 0 aliphatic carbocycles. The number of amides is 4. The van der Waals surface area contributed by atoms with Gasteiger partial charge in [-0.25, -0.2) is 9.59 Å². The maximum Gasteiger partial charge on any atom is 0.352 e. The van der Waals surface area contributed by atoms with E-state index in [0.717, 1.165) is 9.96 Å². The number of hydrogen-bond acceptors (Lipinski definition) is 5. The summed E-state index contributed by atoms with van der Waals surface area (Å²) in [4.78, 5) is 56.9. The molecule has 1 aromatic rings. The first-order chi connectivity index (χ1) is 13.3. The Morgan fingerprint density at radius 2 is 1.86 bits per heavy atom. The van der Waals surface area contributed by atoms with Crippen LogP contribution in [0, 0.1) is 0 Å². The molecular weight excluding hydrogens is 409 g/mol. The molecule has 148 valence electrons. The number of urea groups is 1. The third-order valence-electron chi connectivity index (χ3n) is 4.74. The number of likely N-dealkylation sites (N-methyl/N-ethyl adjacent to an activating group) is 1. The molecule has 1 aromatic carbocycles. The van der Waals surface area contributed by atoms with Crippen LogP contribution < -0.4 is 0 Å². The van der Waals surface area contributed by atoms with Crippen molar-refractivity contribution in [1.29, 1.82) is 0 Å². The molecule has 0 aromatic heterocycles. The van der Waals surface area contributed by atoms with E-state index < -0.39 is 30.0 Å². The Balaban J connectivity index is 2.00. The SMILES string of the molecule is CCN1CCN(C(=O)N2OC(C)C(=C=O)C2c2c(Cl)cccc2Cl)C(=O)C1=O. The summed E-state index contributed by atoms with van der Waals surface area (Å²) >= 11 is 12.5. The number of carbonyl (C=O) groups is 3. The third kappa shape index (κ3) is 3.29. The molecule has 0 N–H and O–H groups in total. The fourth-order valence-corrected chi connectivity index (χ4v) is 3.86. The van der Waals surface area contributed by atoms with Gasteiger partial charge in [0.05, 0.1) is 5.57 Å². The highest BCUT2D eigenvalue weighted by atomic mass is 35.5. The molecule has 0 spiro atoms.